The van der Waals surface area contributed by atoms with Gasteiger partial charge in [-0.1, -0.05) is 36.4 Å². The Kier molecular flexibility index (Phi) is 3.65. The Balaban J connectivity index is 2.40. The van der Waals surface area contributed by atoms with Gasteiger partial charge in [0.05, 0.1) is 0 Å². The van der Waals surface area contributed by atoms with Gasteiger partial charge >= 0.3 is 0 Å². The van der Waals surface area contributed by atoms with E-state index in [1.807, 2.05) is 0 Å². The Hall–Kier alpha value is -1.25. The van der Waals surface area contributed by atoms with Crippen molar-refractivity contribution in [1.82, 2.24) is 4.31 Å². The Bertz CT molecular complexity index is 386. The molecule has 0 bridgehead atoms. The topological polar surface area (TPSA) is 3.24 Å². The van der Waals surface area contributed by atoms with Crippen molar-refractivity contribution >= 4 is 11.1 Å². The second-order valence-corrected chi connectivity index (χ2v) is 5.97. The molecule has 16 heavy (non-hydrogen) atoms. The van der Waals surface area contributed by atoms with Gasteiger partial charge in [0.25, 0.3) is 0 Å². The second kappa shape index (κ2) is 5.19. The van der Waals surface area contributed by atoms with E-state index in [0.29, 0.717) is 0 Å². The normalized spacial score (nSPS) is 11.0. The molecule has 0 heterocycles. The first-order valence-corrected chi connectivity index (χ1v) is 6.49. The number of hydrogen-bond donors (Lipinski definition) is 0. The smallest absolute Gasteiger partial charge is 0.122 e. The maximum Gasteiger partial charge on any atom is 0.182 e. The molecule has 2 aromatic rings. The molecule has 0 aliphatic rings. The highest BCUT2D eigenvalue weighted by molar-refractivity contribution is 7.94. The van der Waals surface area contributed by atoms with Crippen LogP contribution in [0.2, 0.25) is 0 Å². The molecule has 2 heteroatoms. The van der Waals surface area contributed by atoms with E-state index in [4.69, 9.17) is 0 Å². The van der Waals surface area contributed by atoms with Crippen LogP contribution in [0.4, 0.5) is 0 Å². The Labute approximate surface area is 100 Å². The Morgan fingerprint density at radius 1 is 0.688 bits per heavy atom. The van der Waals surface area contributed by atoms with Gasteiger partial charge in [0, 0.05) is 14.1 Å². The molecule has 2 aromatic carbocycles. The van der Waals surface area contributed by atoms with Crippen LogP contribution in [0, 0.1) is 0 Å². The summed E-state index contributed by atoms with van der Waals surface area (Å²) in [7, 11) is 4.26. The molecule has 0 radical (unpaired) electrons. The molecule has 1 nitrogen and oxygen atoms in total. The van der Waals surface area contributed by atoms with Gasteiger partial charge < -0.3 is 0 Å². The van der Waals surface area contributed by atoms with E-state index in [0.717, 1.165) is 0 Å². The first kappa shape index (κ1) is 11.2. The molecule has 0 atom stereocenters. The van der Waals surface area contributed by atoms with Gasteiger partial charge in [0.2, 0.25) is 0 Å². The van der Waals surface area contributed by atoms with Crippen LogP contribution in [0.25, 0.3) is 0 Å². The Morgan fingerprint density at radius 2 is 1.06 bits per heavy atom. The molecule has 0 aromatic heterocycles. The van der Waals surface area contributed by atoms with Gasteiger partial charge in [-0.3, -0.25) is 0 Å². The second-order valence-electron chi connectivity index (χ2n) is 3.72. The molecule has 0 spiro atoms. The lowest BCUT2D eigenvalue weighted by atomic mass is 10.4. The van der Waals surface area contributed by atoms with Crippen molar-refractivity contribution in [3.63, 3.8) is 0 Å². The van der Waals surface area contributed by atoms with Crippen molar-refractivity contribution in [1.29, 1.82) is 0 Å². The van der Waals surface area contributed by atoms with Crippen molar-refractivity contribution in [3.05, 3.63) is 60.7 Å². The molecule has 0 aliphatic heterocycles. The number of nitrogens with zero attached hydrogens (tertiary/aromatic N) is 1. The molecular formula is C14H16NS+. The summed E-state index contributed by atoms with van der Waals surface area (Å²) in [5.74, 6) is 0. The fourth-order valence-electron chi connectivity index (χ4n) is 1.66. The molecule has 0 saturated carbocycles. The van der Waals surface area contributed by atoms with Crippen LogP contribution in [0.1, 0.15) is 0 Å². The summed E-state index contributed by atoms with van der Waals surface area (Å²) in [4.78, 5) is 2.72. The van der Waals surface area contributed by atoms with Crippen LogP contribution < -0.4 is 0 Å². The molecule has 0 N–H and O–H groups in total. The lowest BCUT2D eigenvalue weighted by molar-refractivity contribution is 0.684. The molecule has 0 unspecified atom stereocenters. The fraction of sp³-hybridized carbons (Fsp3) is 0.143. The third-order valence-corrected chi connectivity index (χ3v) is 4.47. The third-order valence-electron chi connectivity index (χ3n) is 2.30. The molecule has 2 rings (SSSR count). The highest BCUT2D eigenvalue weighted by Gasteiger charge is 2.28. The third kappa shape index (κ3) is 2.46. The minimum atomic E-state index is 0.0304. The van der Waals surface area contributed by atoms with E-state index in [1.54, 1.807) is 0 Å². The quantitative estimate of drug-likeness (QED) is 0.732. The van der Waals surface area contributed by atoms with Crippen molar-refractivity contribution in [3.8, 4) is 0 Å². The average molecular weight is 230 g/mol. The molecule has 82 valence electrons. The van der Waals surface area contributed by atoms with E-state index >= 15 is 0 Å². The summed E-state index contributed by atoms with van der Waals surface area (Å²) in [5, 5.41) is 0. The predicted molar refractivity (Wildman–Crippen MR) is 70.5 cm³/mol. The van der Waals surface area contributed by atoms with Crippen LogP contribution in [0.5, 0.6) is 0 Å². The zero-order valence-corrected chi connectivity index (χ0v) is 10.4. The monoisotopic (exact) mass is 230 g/mol. The molecule has 0 aliphatic carbocycles. The van der Waals surface area contributed by atoms with Crippen LogP contribution in [0.15, 0.2) is 70.5 Å². The zero-order valence-electron chi connectivity index (χ0n) is 9.63. The first-order valence-electron chi connectivity index (χ1n) is 5.31. The zero-order chi connectivity index (χ0) is 11.4. The summed E-state index contributed by atoms with van der Waals surface area (Å²) < 4.78 is 2.27. The lowest BCUT2D eigenvalue weighted by Gasteiger charge is -2.12. The van der Waals surface area contributed by atoms with Gasteiger partial charge in [-0.25, -0.2) is 0 Å². The standard InChI is InChI=1S/C14H16NS/c1-15(2)16(13-9-5-3-6-10-13)14-11-7-4-8-12-14/h3-12H,1-2H3/q+1. The molecule has 0 amide bonds. The first-order chi connectivity index (χ1) is 7.79. The largest absolute Gasteiger partial charge is 0.182 e. The minimum Gasteiger partial charge on any atom is -0.122 e. The van der Waals surface area contributed by atoms with E-state index in [1.165, 1.54) is 9.79 Å². The van der Waals surface area contributed by atoms with Crippen molar-refractivity contribution in [2.24, 2.45) is 0 Å². The van der Waals surface area contributed by atoms with Crippen LogP contribution in [-0.2, 0) is 11.1 Å². The minimum absolute atomic E-state index is 0.0304. The van der Waals surface area contributed by atoms with Crippen molar-refractivity contribution in [2.75, 3.05) is 14.1 Å². The SMILES string of the molecule is CN(C)[S+](c1ccccc1)c1ccccc1. The summed E-state index contributed by atoms with van der Waals surface area (Å²) in [6.07, 6.45) is 0. The van der Waals surface area contributed by atoms with Crippen molar-refractivity contribution < 1.29 is 0 Å². The van der Waals surface area contributed by atoms with Gasteiger partial charge in [-0.2, -0.15) is 0 Å². The average Bonchev–Trinajstić information content (AvgIpc) is 2.31. The highest BCUT2D eigenvalue weighted by Crippen LogP contribution is 2.24. The number of benzene rings is 2. The summed E-state index contributed by atoms with van der Waals surface area (Å²) >= 11 is 0.0304. The summed E-state index contributed by atoms with van der Waals surface area (Å²) in [5.41, 5.74) is 0. The van der Waals surface area contributed by atoms with Crippen LogP contribution in [0.3, 0.4) is 0 Å². The van der Waals surface area contributed by atoms with Crippen molar-refractivity contribution in [2.45, 2.75) is 9.79 Å². The van der Waals surface area contributed by atoms with Gasteiger partial charge in [-0.15, -0.1) is 4.31 Å². The van der Waals surface area contributed by atoms with Gasteiger partial charge in [0.1, 0.15) is 0 Å². The van der Waals surface area contributed by atoms with E-state index in [9.17, 15) is 0 Å². The van der Waals surface area contributed by atoms with Crippen LogP contribution in [-0.4, -0.2) is 18.4 Å². The maximum absolute atomic E-state index is 2.27. The fourth-order valence-corrected chi connectivity index (χ4v) is 3.60. The maximum atomic E-state index is 2.27. The highest BCUT2D eigenvalue weighted by atomic mass is 32.2. The number of rotatable bonds is 3. The van der Waals surface area contributed by atoms with E-state index in [2.05, 4.69) is 79.1 Å². The Morgan fingerprint density at radius 3 is 1.38 bits per heavy atom. The van der Waals surface area contributed by atoms with Crippen LogP contribution >= 0.6 is 0 Å². The van der Waals surface area contributed by atoms with E-state index < -0.39 is 0 Å². The molecule has 0 saturated heterocycles. The summed E-state index contributed by atoms with van der Waals surface area (Å²) in [6.45, 7) is 0. The van der Waals surface area contributed by atoms with Gasteiger partial charge in [0.15, 0.2) is 20.9 Å². The van der Waals surface area contributed by atoms with Gasteiger partial charge in [-0.05, 0) is 24.3 Å². The predicted octanol–water partition coefficient (Wildman–Crippen LogP) is 3.20. The lowest BCUT2D eigenvalue weighted by Crippen LogP contribution is -2.23. The number of hydrogen-bond acceptors (Lipinski definition) is 1. The summed E-state index contributed by atoms with van der Waals surface area (Å²) in [6, 6.07) is 21.3. The molecule has 0 fully saturated rings. The van der Waals surface area contributed by atoms with E-state index in [-0.39, 0.29) is 11.1 Å². The molecular weight excluding hydrogens is 214 g/mol.